The molecule has 7 heteroatoms. The number of amides is 1. The predicted molar refractivity (Wildman–Crippen MR) is 121 cm³/mol. The highest BCUT2D eigenvalue weighted by Gasteiger charge is 2.18. The van der Waals surface area contributed by atoms with Crippen molar-refractivity contribution in [1.82, 2.24) is 25.1 Å². The Balaban J connectivity index is 1.29. The van der Waals surface area contributed by atoms with Gasteiger partial charge < -0.3 is 14.3 Å². The van der Waals surface area contributed by atoms with Crippen LogP contribution in [0, 0.1) is 0 Å². The summed E-state index contributed by atoms with van der Waals surface area (Å²) in [4.78, 5) is 17.4. The highest BCUT2D eigenvalue weighted by Crippen LogP contribution is 2.28. The average molecular weight is 428 g/mol. The maximum absolute atomic E-state index is 13.0. The molecule has 0 radical (unpaired) electrons. The lowest BCUT2D eigenvalue weighted by Gasteiger charge is -2.09. The first-order chi connectivity index (χ1) is 15.8. The van der Waals surface area contributed by atoms with Gasteiger partial charge >= 0.3 is 0 Å². The molecule has 0 aliphatic carbocycles. The minimum Gasteiger partial charge on any atom is -0.436 e. The first kappa shape index (κ1) is 20.2. The third-order valence-corrected chi connectivity index (χ3v) is 5.79. The normalized spacial score (nSPS) is 13.4. The van der Waals surface area contributed by atoms with Gasteiger partial charge in [-0.15, -0.1) is 10.2 Å². The number of hydrogen-bond donors (Lipinski definition) is 1. The molecule has 4 aromatic rings. The molecule has 0 saturated carbocycles. The van der Waals surface area contributed by atoms with Crippen molar-refractivity contribution in [1.29, 1.82) is 0 Å². The molecule has 0 spiro atoms. The van der Waals surface area contributed by atoms with Gasteiger partial charge in [0.15, 0.2) is 5.76 Å². The van der Waals surface area contributed by atoms with E-state index in [4.69, 9.17) is 4.42 Å². The Bertz CT molecular complexity index is 1210. The van der Waals surface area contributed by atoms with E-state index in [-0.39, 0.29) is 5.91 Å². The van der Waals surface area contributed by atoms with Gasteiger partial charge in [-0.25, -0.2) is 4.98 Å². The van der Waals surface area contributed by atoms with E-state index in [9.17, 15) is 4.79 Å². The van der Waals surface area contributed by atoms with Crippen molar-refractivity contribution in [3.8, 4) is 22.8 Å². The summed E-state index contributed by atoms with van der Waals surface area (Å²) in [5.74, 6) is 2.94. The highest BCUT2D eigenvalue weighted by atomic mass is 16.4. The molecule has 0 bridgehead atoms. The zero-order valence-corrected chi connectivity index (χ0v) is 17.8. The second-order valence-corrected chi connectivity index (χ2v) is 7.94. The molecule has 5 rings (SSSR count). The number of fused-ring (bicyclic) bond motifs is 1. The summed E-state index contributed by atoms with van der Waals surface area (Å²) in [6.07, 6.45) is 6.86. The maximum Gasteiger partial charge on any atom is 0.252 e. The summed E-state index contributed by atoms with van der Waals surface area (Å²) in [6.45, 7) is 1.45. The van der Waals surface area contributed by atoms with Gasteiger partial charge in [-0.3, -0.25) is 4.79 Å². The summed E-state index contributed by atoms with van der Waals surface area (Å²) in [5, 5.41) is 11.7. The molecule has 7 nitrogen and oxygen atoms in total. The molecule has 0 saturated heterocycles. The van der Waals surface area contributed by atoms with Crippen LogP contribution in [0.5, 0.6) is 0 Å². The first-order valence-electron chi connectivity index (χ1n) is 11.1. The molecule has 3 heterocycles. The third kappa shape index (κ3) is 4.19. The Morgan fingerprint density at radius 1 is 1.00 bits per heavy atom. The Morgan fingerprint density at radius 3 is 2.75 bits per heavy atom. The number of rotatable bonds is 6. The van der Waals surface area contributed by atoms with Gasteiger partial charge in [0.1, 0.15) is 11.6 Å². The molecule has 1 aliphatic rings. The molecule has 1 N–H and O–H groups in total. The van der Waals surface area contributed by atoms with E-state index < -0.39 is 0 Å². The summed E-state index contributed by atoms with van der Waals surface area (Å²) in [5.41, 5.74) is 2.15. The molecule has 0 unspecified atom stereocenters. The zero-order chi connectivity index (χ0) is 21.8. The topological polar surface area (TPSA) is 85.8 Å². The maximum atomic E-state index is 13.0. The van der Waals surface area contributed by atoms with Crippen LogP contribution in [-0.4, -0.2) is 32.2 Å². The van der Waals surface area contributed by atoms with Gasteiger partial charge in [0.05, 0.1) is 11.8 Å². The van der Waals surface area contributed by atoms with Crippen molar-refractivity contribution in [3.63, 3.8) is 0 Å². The predicted octanol–water partition coefficient (Wildman–Crippen LogP) is 4.30. The monoisotopic (exact) mass is 427 g/mol. The van der Waals surface area contributed by atoms with Gasteiger partial charge in [0.25, 0.3) is 5.91 Å². The van der Waals surface area contributed by atoms with Gasteiger partial charge in [-0.05, 0) is 25.0 Å². The number of carbonyl (C=O) groups is 1. The number of carbonyl (C=O) groups excluding carboxylic acids is 1. The molecule has 1 amide bonds. The molecule has 0 atom stereocenters. The van der Waals surface area contributed by atoms with E-state index in [1.165, 1.54) is 12.8 Å². The number of nitrogens with one attached hydrogen (secondary N) is 1. The van der Waals surface area contributed by atoms with E-state index >= 15 is 0 Å². The zero-order valence-electron chi connectivity index (χ0n) is 17.8. The van der Waals surface area contributed by atoms with Crippen LogP contribution in [0.1, 0.15) is 41.3 Å². The molecular formula is C25H25N5O2. The molecular weight excluding hydrogens is 402 g/mol. The minimum absolute atomic E-state index is 0.157. The molecule has 2 aromatic heterocycles. The fourth-order valence-electron chi connectivity index (χ4n) is 4.12. The Labute approximate surface area is 186 Å². The third-order valence-electron chi connectivity index (χ3n) is 5.79. The molecule has 0 fully saturated rings. The second kappa shape index (κ2) is 9.18. The highest BCUT2D eigenvalue weighted by molar-refractivity contribution is 6.00. The number of oxazole rings is 1. The van der Waals surface area contributed by atoms with E-state index in [0.717, 1.165) is 36.6 Å². The number of aromatic nitrogens is 4. The minimum atomic E-state index is -0.157. The van der Waals surface area contributed by atoms with Crippen molar-refractivity contribution in [3.05, 3.63) is 78.0 Å². The average Bonchev–Trinajstić information content (AvgIpc) is 3.41. The van der Waals surface area contributed by atoms with Crippen LogP contribution in [0.4, 0.5) is 0 Å². The smallest absolute Gasteiger partial charge is 0.252 e. The van der Waals surface area contributed by atoms with Crippen LogP contribution in [0.3, 0.4) is 0 Å². The van der Waals surface area contributed by atoms with Crippen LogP contribution in [0.25, 0.3) is 22.8 Å². The van der Waals surface area contributed by atoms with Crippen molar-refractivity contribution >= 4 is 5.91 Å². The van der Waals surface area contributed by atoms with Crippen LogP contribution in [-0.2, 0) is 19.4 Å². The SMILES string of the molecule is O=C(NCCc1nnc2n1CCCCC2)c1ccccc1-c1ncc(-c2ccccc2)o1. The van der Waals surface area contributed by atoms with Crippen molar-refractivity contribution < 1.29 is 9.21 Å². The first-order valence-corrected chi connectivity index (χ1v) is 11.1. The number of hydrogen-bond acceptors (Lipinski definition) is 5. The summed E-state index contributed by atoms with van der Waals surface area (Å²) < 4.78 is 8.18. The quantitative estimate of drug-likeness (QED) is 0.496. The molecule has 162 valence electrons. The fraction of sp³-hybridized carbons (Fsp3) is 0.280. The van der Waals surface area contributed by atoms with Crippen molar-refractivity contribution in [2.24, 2.45) is 0 Å². The number of aryl methyl sites for hydroxylation is 1. The van der Waals surface area contributed by atoms with Crippen LogP contribution in [0.2, 0.25) is 0 Å². The summed E-state index contributed by atoms with van der Waals surface area (Å²) >= 11 is 0. The summed E-state index contributed by atoms with van der Waals surface area (Å²) in [7, 11) is 0. The molecule has 1 aliphatic heterocycles. The van der Waals surface area contributed by atoms with E-state index in [0.29, 0.717) is 35.7 Å². The second-order valence-electron chi connectivity index (χ2n) is 7.94. The lowest BCUT2D eigenvalue weighted by atomic mass is 10.1. The van der Waals surface area contributed by atoms with Crippen molar-refractivity contribution in [2.45, 2.75) is 38.6 Å². The Morgan fingerprint density at radius 2 is 1.84 bits per heavy atom. The van der Waals surface area contributed by atoms with Gasteiger partial charge in [0.2, 0.25) is 5.89 Å². The van der Waals surface area contributed by atoms with Gasteiger partial charge in [0, 0.05) is 37.1 Å². The largest absolute Gasteiger partial charge is 0.436 e. The lowest BCUT2D eigenvalue weighted by molar-refractivity contribution is 0.0954. The van der Waals surface area contributed by atoms with Crippen LogP contribution in [0.15, 0.2) is 65.2 Å². The lowest BCUT2D eigenvalue weighted by Crippen LogP contribution is -2.27. The van der Waals surface area contributed by atoms with Crippen LogP contribution < -0.4 is 5.32 Å². The molecule has 32 heavy (non-hydrogen) atoms. The number of benzene rings is 2. The van der Waals surface area contributed by atoms with Gasteiger partial charge in [-0.1, -0.05) is 48.9 Å². The number of nitrogens with zero attached hydrogens (tertiary/aromatic N) is 4. The molecule has 2 aromatic carbocycles. The fourth-order valence-corrected chi connectivity index (χ4v) is 4.12. The Hall–Kier alpha value is -3.74. The van der Waals surface area contributed by atoms with E-state index in [2.05, 4.69) is 25.1 Å². The van der Waals surface area contributed by atoms with E-state index in [1.807, 2.05) is 48.5 Å². The summed E-state index contributed by atoms with van der Waals surface area (Å²) in [6, 6.07) is 17.2. The standard InChI is InChI=1S/C25H25N5O2/c31-24(26-15-14-23-29-28-22-13-5-2-8-16-30(22)23)19-11-6-7-12-20(19)25-27-17-21(32-25)18-9-3-1-4-10-18/h1,3-4,6-7,9-12,17H,2,5,8,13-16H2,(H,26,31). The van der Waals surface area contributed by atoms with Crippen LogP contribution >= 0.6 is 0 Å². The van der Waals surface area contributed by atoms with Crippen molar-refractivity contribution in [2.75, 3.05) is 6.54 Å². The van der Waals surface area contributed by atoms with E-state index in [1.54, 1.807) is 12.3 Å². The Kier molecular flexibility index (Phi) is 5.79. The van der Waals surface area contributed by atoms with Gasteiger partial charge in [-0.2, -0.15) is 0 Å².